The van der Waals surface area contributed by atoms with Crippen LogP contribution in [0.4, 0.5) is 5.69 Å². The third kappa shape index (κ3) is 1.71. The van der Waals surface area contributed by atoms with Crippen LogP contribution in [-0.4, -0.2) is 10.9 Å². The summed E-state index contributed by atoms with van der Waals surface area (Å²) in [6, 6.07) is 5.14. The summed E-state index contributed by atoms with van der Waals surface area (Å²) in [6.45, 7) is 0. The predicted molar refractivity (Wildman–Crippen MR) is 83.8 cm³/mol. The molecule has 20 heavy (non-hydrogen) atoms. The lowest BCUT2D eigenvalue weighted by Crippen LogP contribution is -2.02. The van der Waals surface area contributed by atoms with E-state index in [4.69, 9.17) is 52.1 Å². The summed E-state index contributed by atoms with van der Waals surface area (Å²) in [5, 5.41) is 13.7. The highest BCUT2D eigenvalue weighted by Crippen LogP contribution is 2.50. The smallest absolute Gasteiger partial charge is 0.120 e. The third-order valence-corrected chi connectivity index (χ3v) is 4.69. The minimum Gasteiger partial charge on any atom is -0.410 e. The molecule has 3 rings (SSSR count). The van der Waals surface area contributed by atoms with Crippen molar-refractivity contribution in [3.8, 4) is 11.1 Å². The van der Waals surface area contributed by atoms with E-state index in [0.717, 1.165) is 5.56 Å². The Kier molecular flexibility index (Phi) is 3.26. The number of nitrogens with two attached hydrogens (primary N) is 1. The quantitative estimate of drug-likeness (QED) is 0.257. The molecule has 0 heterocycles. The second-order valence-electron chi connectivity index (χ2n) is 4.24. The monoisotopic (exact) mass is 346 g/mol. The fourth-order valence-corrected chi connectivity index (χ4v) is 3.31. The molecule has 0 saturated carbocycles. The van der Waals surface area contributed by atoms with Gasteiger partial charge in [0, 0.05) is 21.7 Å². The predicted octanol–water partition coefficient (Wildman–Crippen LogP) is 5.09. The van der Waals surface area contributed by atoms with Gasteiger partial charge in [-0.25, -0.2) is 0 Å². The van der Waals surface area contributed by atoms with Crippen molar-refractivity contribution in [2.45, 2.75) is 0 Å². The van der Waals surface area contributed by atoms with Crippen LogP contribution in [0, 0.1) is 0 Å². The zero-order valence-corrected chi connectivity index (χ0v) is 12.7. The maximum atomic E-state index is 9.30. The number of nitrogens with zero attached hydrogens (tertiary/aromatic N) is 1. The van der Waals surface area contributed by atoms with Crippen LogP contribution in [0.5, 0.6) is 0 Å². The molecule has 0 saturated heterocycles. The molecule has 0 spiro atoms. The zero-order valence-electron chi connectivity index (χ0n) is 9.72. The Morgan fingerprint density at radius 2 is 1.60 bits per heavy atom. The number of anilines is 1. The van der Waals surface area contributed by atoms with Crippen molar-refractivity contribution in [3.63, 3.8) is 0 Å². The molecule has 102 valence electrons. The molecule has 0 aliphatic heterocycles. The van der Waals surface area contributed by atoms with Crippen molar-refractivity contribution >= 4 is 57.8 Å². The number of hydrogen-bond donors (Lipinski definition) is 2. The van der Waals surface area contributed by atoms with Crippen LogP contribution in [-0.2, 0) is 0 Å². The summed E-state index contributed by atoms with van der Waals surface area (Å²) in [7, 11) is 0. The fraction of sp³-hybridized carbons (Fsp3) is 0. The van der Waals surface area contributed by atoms with E-state index in [1.807, 2.05) is 0 Å². The van der Waals surface area contributed by atoms with E-state index in [-0.39, 0.29) is 26.5 Å². The Morgan fingerprint density at radius 3 is 2.25 bits per heavy atom. The largest absolute Gasteiger partial charge is 0.410 e. The van der Waals surface area contributed by atoms with E-state index < -0.39 is 0 Å². The van der Waals surface area contributed by atoms with E-state index in [0.29, 0.717) is 21.7 Å². The van der Waals surface area contributed by atoms with Gasteiger partial charge in [0.15, 0.2) is 0 Å². The fourth-order valence-electron chi connectivity index (χ4n) is 2.32. The lowest BCUT2D eigenvalue weighted by Gasteiger charge is -2.11. The lowest BCUT2D eigenvalue weighted by molar-refractivity contribution is 0.320. The van der Waals surface area contributed by atoms with Crippen LogP contribution in [0.2, 0.25) is 20.1 Å². The van der Waals surface area contributed by atoms with Crippen LogP contribution in [0.3, 0.4) is 0 Å². The first-order chi connectivity index (χ1) is 9.47. The van der Waals surface area contributed by atoms with Crippen molar-refractivity contribution in [1.29, 1.82) is 0 Å². The molecule has 0 fully saturated rings. The maximum Gasteiger partial charge on any atom is 0.120 e. The summed E-state index contributed by atoms with van der Waals surface area (Å²) in [5.41, 5.74) is 8.66. The average molecular weight is 348 g/mol. The Labute approximate surface area is 134 Å². The molecule has 3 nitrogen and oxygen atoms in total. The molecule has 0 radical (unpaired) electrons. The molecule has 0 aromatic heterocycles. The Balaban J connectivity index is 2.51. The molecule has 3 N–H and O–H groups in total. The average Bonchev–Trinajstić information content (AvgIpc) is 2.76. The molecule has 2 aromatic carbocycles. The van der Waals surface area contributed by atoms with E-state index >= 15 is 0 Å². The summed E-state index contributed by atoms with van der Waals surface area (Å²) in [5.74, 6) is 0. The van der Waals surface area contributed by atoms with Gasteiger partial charge in [0.2, 0.25) is 0 Å². The van der Waals surface area contributed by atoms with Gasteiger partial charge >= 0.3 is 0 Å². The van der Waals surface area contributed by atoms with Crippen LogP contribution in [0.1, 0.15) is 11.1 Å². The Bertz CT molecular complexity index is 787. The summed E-state index contributed by atoms with van der Waals surface area (Å²) in [6.07, 6.45) is 0. The topological polar surface area (TPSA) is 58.6 Å². The van der Waals surface area contributed by atoms with Gasteiger partial charge in [0.25, 0.3) is 0 Å². The normalized spacial score (nSPS) is 14.5. The van der Waals surface area contributed by atoms with Gasteiger partial charge in [-0.2, -0.15) is 0 Å². The second kappa shape index (κ2) is 4.71. The number of hydrogen-bond acceptors (Lipinski definition) is 3. The molecule has 0 bridgehead atoms. The van der Waals surface area contributed by atoms with Gasteiger partial charge in [-0.05, 0) is 17.7 Å². The van der Waals surface area contributed by atoms with Gasteiger partial charge < -0.3 is 10.9 Å². The highest BCUT2D eigenvalue weighted by atomic mass is 35.5. The van der Waals surface area contributed by atoms with Gasteiger partial charge in [0.05, 0.1) is 20.8 Å². The minimum absolute atomic E-state index is 0.150. The Hall–Kier alpha value is -1.13. The van der Waals surface area contributed by atoms with Crippen LogP contribution in [0.15, 0.2) is 23.4 Å². The number of rotatable bonds is 0. The van der Waals surface area contributed by atoms with Crippen molar-refractivity contribution in [3.05, 3.63) is 49.4 Å². The maximum absolute atomic E-state index is 9.30. The first-order valence-corrected chi connectivity index (χ1v) is 6.97. The third-order valence-electron chi connectivity index (χ3n) is 3.20. The summed E-state index contributed by atoms with van der Waals surface area (Å²) < 4.78 is 0. The molecule has 1 aliphatic rings. The van der Waals surface area contributed by atoms with Gasteiger partial charge in [0.1, 0.15) is 5.71 Å². The standard InChI is InChI=1S/C13H6Cl4N2O/c14-4-1-2-5-6(3-4)13(19-20)8-7(5)9(15)11(17)12(18)10(8)16/h1-3,20H,18H2/b19-13-. The highest BCUT2D eigenvalue weighted by Gasteiger charge is 2.33. The molecule has 1 aliphatic carbocycles. The molecule has 0 amide bonds. The van der Waals surface area contributed by atoms with E-state index in [1.165, 1.54) is 0 Å². The second-order valence-corrected chi connectivity index (χ2v) is 5.81. The number of fused-ring (bicyclic) bond motifs is 3. The van der Waals surface area contributed by atoms with Crippen molar-refractivity contribution in [2.75, 3.05) is 5.73 Å². The van der Waals surface area contributed by atoms with Crippen LogP contribution >= 0.6 is 46.4 Å². The number of nitrogen functional groups attached to an aromatic ring is 1. The summed E-state index contributed by atoms with van der Waals surface area (Å²) >= 11 is 24.6. The van der Waals surface area contributed by atoms with E-state index in [9.17, 15) is 5.21 Å². The number of oxime groups is 1. The van der Waals surface area contributed by atoms with Crippen molar-refractivity contribution in [2.24, 2.45) is 5.16 Å². The van der Waals surface area contributed by atoms with Gasteiger partial charge in [-0.1, -0.05) is 57.6 Å². The molecule has 0 atom stereocenters. The molecule has 7 heteroatoms. The molecular formula is C13H6Cl4N2O. The first-order valence-electron chi connectivity index (χ1n) is 5.46. The van der Waals surface area contributed by atoms with Crippen molar-refractivity contribution < 1.29 is 5.21 Å². The molecular weight excluding hydrogens is 342 g/mol. The zero-order chi connectivity index (χ0) is 14.6. The van der Waals surface area contributed by atoms with E-state index in [1.54, 1.807) is 18.2 Å². The number of halogens is 4. The minimum atomic E-state index is 0.150. The van der Waals surface area contributed by atoms with Crippen LogP contribution in [0.25, 0.3) is 11.1 Å². The highest BCUT2D eigenvalue weighted by molar-refractivity contribution is 6.51. The van der Waals surface area contributed by atoms with Gasteiger partial charge in [-0.3, -0.25) is 0 Å². The Morgan fingerprint density at radius 1 is 0.900 bits per heavy atom. The van der Waals surface area contributed by atoms with E-state index in [2.05, 4.69) is 5.16 Å². The number of benzene rings is 2. The molecule has 2 aromatic rings. The van der Waals surface area contributed by atoms with Gasteiger partial charge in [-0.15, -0.1) is 0 Å². The lowest BCUT2D eigenvalue weighted by atomic mass is 10.1. The first kappa shape index (κ1) is 13.8. The SMILES string of the molecule is Nc1c(Cl)c(Cl)c2c(c1Cl)/C(=N\O)c1cc(Cl)ccc1-2. The van der Waals surface area contributed by atoms with Crippen molar-refractivity contribution in [1.82, 2.24) is 0 Å². The molecule has 0 unspecified atom stereocenters. The van der Waals surface area contributed by atoms with Crippen LogP contribution < -0.4 is 5.73 Å². The summed E-state index contributed by atoms with van der Waals surface area (Å²) in [4.78, 5) is 0.